The van der Waals surface area contributed by atoms with Crippen LogP contribution in [0.4, 0.5) is 5.69 Å². The van der Waals surface area contributed by atoms with Crippen LogP contribution in [-0.4, -0.2) is 27.0 Å². The van der Waals surface area contributed by atoms with E-state index in [1.54, 1.807) is 25.1 Å². The van der Waals surface area contributed by atoms with E-state index in [2.05, 4.69) is 10.0 Å². The maximum Gasteiger partial charge on any atom is 0.245 e. The zero-order chi connectivity index (χ0) is 20.2. The topological polar surface area (TPSA) is 84.5 Å². The van der Waals surface area contributed by atoms with Crippen LogP contribution < -0.4 is 14.8 Å². The zero-order valence-corrected chi connectivity index (χ0v) is 17.5. The lowest BCUT2D eigenvalue weighted by Crippen LogP contribution is -2.41. The van der Waals surface area contributed by atoms with Crippen LogP contribution in [-0.2, 0) is 14.8 Å². The molecule has 0 aliphatic heterocycles. The van der Waals surface area contributed by atoms with Crippen molar-refractivity contribution in [3.63, 3.8) is 0 Å². The molecular formula is C17H17Cl3N2O4S. The number of hydrogen-bond donors (Lipinski definition) is 2. The maximum atomic E-state index is 12.7. The number of para-hydroxylation sites is 1. The van der Waals surface area contributed by atoms with Gasteiger partial charge in [0.15, 0.2) is 0 Å². The van der Waals surface area contributed by atoms with Gasteiger partial charge >= 0.3 is 0 Å². The van der Waals surface area contributed by atoms with Crippen molar-refractivity contribution in [2.75, 3.05) is 11.9 Å². The summed E-state index contributed by atoms with van der Waals surface area (Å²) in [5.41, 5.74) is 0.203. The minimum Gasteiger partial charge on any atom is -0.492 e. The predicted octanol–water partition coefficient (Wildman–Crippen LogP) is 4.35. The molecule has 0 aromatic heterocycles. The number of nitrogens with one attached hydrogen (secondary N) is 2. The van der Waals surface area contributed by atoms with E-state index in [4.69, 9.17) is 39.5 Å². The number of amides is 1. The Morgan fingerprint density at radius 2 is 1.78 bits per heavy atom. The summed E-state index contributed by atoms with van der Waals surface area (Å²) < 4.78 is 33.0. The lowest BCUT2D eigenvalue weighted by Gasteiger charge is -2.17. The Morgan fingerprint density at radius 3 is 2.37 bits per heavy atom. The van der Waals surface area contributed by atoms with Crippen LogP contribution in [0.15, 0.2) is 41.3 Å². The summed E-state index contributed by atoms with van der Waals surface area (Å²) in [5.74, 6) is -0.496. The highest BCUT2D eigenvalue weighted by atomic mass is 35.5. The van der Waals surface area contributed by atoms with E-state index in [1.165, 1.54) is 25.1 Å². The van der Waals surface area contributed by atoms with Gasteiger partial charge in [-0.2, -0.15) is 4.72 Å². The number of rotatable bonds is 7. The molecule has 2 aromatic rings. The second-order valence-corrected chi connectivity index (χ2v) is 8.39. The highest BCUT2D eigenvalue weighted by Crippen LogP contribution is 2.30. The van der Waals surface area contributed by atoms with Crippen molar-refractivity contribution in [3.05, 3.63) is 51.5 Å². The molecule has 0 aliphatic rings. The molecule has 1 unspecified atom stereocenters. The van der Waals surface area contributed by atoms with Gasteiger partial charge in [0, 0.05) is 5.02 Å². The largest absolute Gasteiger partial charge is 0.492 e. The summed E-state index contributed by atoms with van der Waals surface area (Å²) in [5, 5.41) is 3.21. The molecule has 2 N–H and O–H groups in total. The molecular weight excluding hydrogens is 435 g/mol. The smallest absolute Gasteiger partial charge is 0.245 e. The molecule has 0 fully saturated rings. The molecule has 0 saturated carbocycles. The quantitative estimate of drug-likeness (QED) is 0.655. The van der Waals surface area contributed by atoms with Crippen LogP contribution >= 0.6 is 34.8 Å². The van der Waals surface area contributed by atoms with Crippen molar-refractivity contribution < 1.29 is 17.9 Å². The van der Waals surface area contributed by atoms with Crippen molar-refractivity contribution >= 4 is 56.4 Å². The van der Waals surface area contributed by atoms with Crippen molar-refractivity contribution in [1.82, 2.24) is 4.72 Å². The third-order valence-electron chi connectivity index (χ3n) is 3.43. The molecule has 1 amide bonds. The van der Waals surface area contributed by atoms with Crippen LogP contribution in [0.25, 0.3) is 0 Å². The third kappa shape index (κ3) is 5.49. The number of benzene rings is 2. The molecule has 146 valence electrons. The standard InChI is InChI=1S/C17H17Cl3N2O4S/c1-3-26-14-8-7-11(18)9-15(14)27(24,25)22-10(2)17(23)21-16-12(19)5-4-6-13(16)20/h4-10,22H,3H2,1-2H3,(H,21,23). The van der Waals surface area contributed by atoms with E-state index < -0.39 is 22.0 Å². The Bertz CT molecular complexity index is 931. The van der Waals surface area contributed by atoms with Gasteiger partial charge in [-0.15, -0.1) is 0 Å². The average molecular weight is 452 g/mol. The summed E-state index contributed by atoms with van der Waals surface area (Å²) in [7, 11) is -4.08. The molecule has 6 nitrogen and oxygen atoms in total. The van der Waals surface area contributed by atoms with E-state index in [1.807, 2.05) is 0 Å². The highest BCUT2D eigenvalue weighted by Gasteiger charge is 2.26. The fourth-order valence-electron chi connectivity index (χ4n) is 2.17. The number of ether oxygens (including phenoxy) is 1. The average Bonchev–Trinajstić information content (AvgIpc) is 2.59. The minimum absolute atomic E-state index is 0.135. The predicted molar refractivity (Wildman–Crippen MR) is 107 cm³/mol. The SMILES string of the molecule is CCOc1ccc(Cl)cc1S(=O)(=O)NC(C)C(=O)Nc1c(Cl)cccc1Cl. The Hall–Kier alpha value is -1.51. The van der Waals surface area contributed by atoms with Crippen molar-refractivity contribution in [1.29, 1.82) is 0 Å². The van der Waals surface area contributed by atoms with Crippen LogP contribution in [0.3, 0.4) is 0 Å². The summed E-state index contributed by atoms with van der Waals surface area (Å²) >= 11 is 17.9. The molecule has 0 heterocycles. The van der Waals surface area contributed by atoms with Crippen LogP contribution in [0.1, 0.15) is 13.8 Å². The Labute approximate surface area is 172 Å². The molecule has 2 rings (SSSR count). The maximum absolute atomic E-state index is 12.7. The van der Waals surface area contributed by atoms with Gasteiger partial charge in [-0.25, -0.2) is 8.42 Å². The van der Waals surface area contributed by atoms with Gasteiger partial charge in [0.05, 0.1) is 28.4 Å². The first-order valence-electron chi connectivity index (χ1n) is 7.85. The zero-order valence-electron chi connectivity index (χ0n) is 14.4. The number of sulfonamides is 1. The number of halogens is 3. The molecule has 10 heteroatoms. The number of carbonyl (C=O) groups excluding carboxylic acids is 1. The Morgan fingerprint density at radius 1 is 1.15 bits per heavy atom. The molecule has 0 radical (unpaired) electrons. The van der Waals surface area contributed by atoms with E-state index in [0.717, 1.165) is 0 Å². The molecule has 0 aliphatic carbocycles. The van der Waals surface area contributed by atoms with Crippen molar-refractivity contribution in [2.45, 2.75) is 24.8 Å². The summed E-state index contributed by atoms with van der Waals surface area (Å²) in [6.07, 6.45) is 0. The molecule has 0 saturated heterocycles. The lowest BCUT2D eigenvalue weighted by molar-refractivity contribution is -0.117. The molecule has 2 aromatic carbocycles. The van der Waals surface area contributed by atoms with Gasteiger partial charge in [-0.3, -0.25) is 4.79 Å². The molecule has 0 spiro atoms. The summed E-state index contributed by atoms with van der Waals surface area (Å²) in [4.78, 5) is 12.2. The first-order chi connectivity index (χ1) is 12.7. The van der Waals surface area contributed by atoms with Gasteiger partial charge in [0.25, 0.3) is 0 Å². The van der Waals surface area contributed by atoms with Crippen LogP contribution in [0.2, 0.25) is 15.1 Å². The minimum atomic E-state index is -4.08. The molecule has 0 bridgehead atoms. The highest BCUT2D eigenvalue weighted by molar-refractivity contribution is 7.89. The first kappa shape index (κ1) is 21.8. The monoisotopic (exact) mass is 450 g/mol. The van der Waals surface area contributed by atoms with Gasteiger partial charge < -0.3 is 10.1 Å². The summed E-state index contributed by atoms with van der Waals surface area (Å²) in [6, 6.07) is 7.84. The van der Waals surface area contributed by atoms with Crippen LogP contribution in [0.5, 0.6) is 5.75 Å². The van der Waals surface area contributed by atoms with Gasteiger partial charge in [0.2, 0.25) is 15.9 Å². The van der Waals surface area contributed by atoms with Gasteiger partial charge in [-0.05, 0) is 44.2 Å². The first-order valence-corrected chi connectivity index (χ1v) is 10.5. The number of carbonyl (C=O) groups is 1. The normalized spacial score (nSPS) is 12.5. The van der Waals surface area contributed by atoms with Crippen LogP contribution in [0, 0.1) is 0 Å². The number of anilines is 1. The number of hydrogen-bond acceptors (Lipinski definition) is 4. The van der Waals surface area contributed by atoms with E-state index in [-0.39, 0.29) is 38.0 Å². The third-order valence-corrected chi connectivity index (χ3v) is 5.86. The van der Waals surface area contributed by atoms with Crippen molar-refractivity contribution in [2.24, 2.45) is 0 Å². The second-order valence-electron chi connectivity index (χ2n) is 5.45. The van der Waals surface area contributed by atoms with Gasteiger partial charge in [0.1, 0.15) is 10.6 Å². The molecule has 1 atom stereocenters. The second kappa shape index (κ2) is 9.12. The van der Waals surface area contributed by atoms with Crippen molar-refractivity contribution in [3.8, 4) is 5.75 Å². The Balaban J connectivity index is 2.22. The fraction of sp³-hybridized carbons (Fsp3) is 0.235. The van der Waals surface area contributed by atoms with E-state index >= 15 is 0 Å². The van der Waals surface area contributed by atoms with Gasteiger partial charge in [-0.1, -0.05) is 40.9 Å². The fourth-order valence-corrected chi connectivity index (χ4v) is 4.27. The lowest BCUT2D eigenvalue weighted by atomic mass is 10.3. The Kier molecular flexibility index (Phi) is 7.36. The molecule has 27 heavy (non-hydrogen) atoms. The van der Waals surface area contributed by atoms with E-state index in [9.17, 15) is 13.2 Å². The summed E-state index contributed by atoms with van der Waals surface area (Å²) in [6.45, 7) is 3.38. The van der Waals surface area contributed by atoms with E-state index in [0.29, 0.717) is 0 Å².